The molecular formula is C23H29ClN2O3S. The van der Waals surface area contributed by atoms with Crippen LogP contribution in [-0.2, 0) is 21.9 Å². The highest BCUT2D eigenvalue weighted by atomic mass is 35.5. The summed E-state index contributed by atoms with van der Waals surface area (Å²) in [4.78, 5) is 27.4. The quantitative estimate of drug-likeness (QED) is 0.548. The molecule has 2 amide bonds. The molecule has 0 aliphatic heterocycles. The molecular weight excluding hydrogens is 420 g/mol. The lowest BCUT2D eigenvalue weighted by atomic mass is 10.1. The van der Waals surface area contributed by atoms with Crippen LogP contribution in [0.3, 0.4) is 0 Å². The molecule has 1 N–H and O–H groups in total. The van der Waals surface area contributed by atoms with Gasteiger partial charge < -0.3 is 15.0 Å². The molecule has 2 aromatic carbocycles. The van der Waals surface area contributed by atoms with Gasteiger partial charge in [0.05, 0.1) is 12.9 Å². The number of amides is 2. The van der Waals surface area contributed by atoms with E-state index < -0.39 is 6.04 Å². The van der Waals surface area contributed by atoms with Crippen LogP contribution in [-0.4, -0.2) is 42.2 Å². The third-order valence-corrected chi connectivity index (χ3v) is 6.05. The van der Waals surface area contributed by atoms with Gasteiger partial charge in [0.15, 0.2) is 0 Å². The van der Waals surface area contributed by atoms with Gasteiger partial charge in [-0.2, -0.15) is 0 Å². The second-order valence-electron chi connectivity index (χ2n) is 6.77. The van der Waals surface area contributed by atoms with Crippen molar-refractivity contribution in [3.63, 3.8) is 0 Å². The minimum Gasteiger partial charge on any atom is -0.497 e. The van der Waals surface area contributed by atoms with E-state index in [1.807, 2.05) is 56.3 Å². The number of rotatable bonds is 11. The first-order chi connectivity index (χ1) is 14.5. The molecule has 0 heterocycles. The van der Waals surface area contributed by atoms with Gasteiger partial charge in [0, 0.05) is 23.9 Å². The predicted octanol–water partition coefficient (Wildman–Crippen LogP) is 4.53. The summed E-state index contributed by atoms with van der Waals surface area (Å²) < 4.78 is 5.17. The molecule has 0 unspecified atom stereocenters. The molecule has 2 aromatic rings. The number of carbonyl (C=O) groups is 2. The second kappa shape index (κ2) is 12.5. The zero-order valence-electron chi connectivity index (χ0n) is 17.7. The molecule has 0 bridgehead atoms. The molecule has 0 radical (unpaired) electrons. The summed E-state index contributed by atoms with van der Waals surface area (Å²) in [7, 11) is 1.63. The minimum absolute atomic E-state index is 0.0773. The molecule has 30 heavy (non-hydrogen) atoms. The second-order valence-corrected chi connectivity index (χ2v) is 8.17. The van der Waals surface area contributed by atoms with Crippen LogP contribution < -0.4 is 10.1 Å². The molecule has 1 atom stereocenters. The highest BCUT2D eigenvalue weighted by Crippen LogP contribution is 2.22. The Kier molecular flexibility index (Phi) is 10.0. The fourth-order valence-corrected chi connectivity index (χ4v) is 4.15. The van der Waals surface area contributed by atoms with Gasteiger partial charge in [0.25, 0.3) is 0 Å². The van der Waals surface area contributed by atoms with E-state index >= 15 is 0 Å². The first-order valence-corrected chi connectivity index (χ1v) is 11.5. The van der Waals surface area contributed by atoms with E-state index in [1.54, 1.807) is 18.1 Å². The van der Waals surface area contributed by atoms with Gasteiger partial charge in [-0.05, 0) is 42.7 Å². The van der Waals surface area contributed by atoms with Gasteiger partial charge in [0.1, 0.15) is 11.8 Å². The Hall–Kier alpha value is -2.18. The van der Waals surface area contributed by atoms with Crippen molar-refractivity contribution >= 4 is 35.2 Å². The number of likely N-dealkylation sites (N-methyl/N-ethyl adjacent to an activating group) is 1. The Balaban J connectivity index is 2.10. The average Bonchev–Trinajstić information content (AvgIpc) is 2.75. The van der Waals surface area contributed by atoms with Gasteiger partial charge >= 0.3 is 0 Å². The van der Waals surface area contributed by atoms with E-state index in [1.165, 1.54) is 11.8 Å². The molecule has 0 spiro atoms. The molecule has 2 rings (SSSR count). The topological polar surface area (TPSA) is 58.6 Å². The molecule has 7 heteroatoms. The maximum absolute atomic E-state index is 13.1. The first-order valence-electron chi connectivity index (χ1n) is 10.0. The number of hydrogen-bond donors (Lipinski definition) is 1. The van der Waals surface area contributed by atoms with Crippen molar-refractivity contribution in [2.75, 3.05) is 19.4 Å². The number of halogens is 1. The van der Waals surface area contributed by atoms with Gasteiger partial charge in [-0.25, -0.2) is 0 Å². The standard InChI is InChI=1S/C23H29ClN2O3S/c1-4-21(23(28)25-5-2)26(14-18-8-6-7-9-20(18)24)22(27)16-30-15-17-10-12-19(29-3)13-11-17/h6-13,21H,4-5,14-16H2,1-3H3,(H,25,28)/t21-/m0/s1. The summed E-state index contributed by atoms with van der Waals surface area (Å²) in [6.45, 7) is 4.61. The maximum Gasteiger partial charge on any atom is 0.242 e. The fraction of sp³-hybridized carbons (Fsp3) is 0.391. The molecule has 0 saturated carbocycles. The molecule has 0 aromatic heterocycles. The predicted molar refractivity (Wildman–Crippen MR) is 124 cm³/mol. The molecule has 162 valence electrons. The van der Waals surface area contributed by atoms with Gasteiger partial charge in [-0.3, -0.25) is 9.59 Å². The highest BCUT2D eigenvalue weighted by molar-refractivity contribution is 7.99. The summed E-state index contributed by atoms with van der Waals surface area (Å²) in [6, 6.07) is 14.7. The van der Waals surface area contributed by atoms with E-state index in [0.717, 1.165) is 16.9 Å². The van der Waals surface area contributed by atoms with Crippen molar-refractivity contribution in [3.8, 4) is 5.75 Å². The monoisotopic (exact) mass is 448 g/mol. The SMILES string of the molecule is CCNC(=O)[C@H](CC)N(Cc1ccccc1Cl)C(=O)CSCc1ccc(OC)cc1. The molecule has 5 nitrogen and oxygen atoms in total. The summed E-state index contributed by atoms with van der Waals surface area (Å²) in [5.41, 5.74) is 1.94. The van der Waals surface area contributed by atoms with Crippen LogP contribution in [0.2, 0.25) is 5.02 Å². The fourth-order valence-electron chi connectivity index (χ4n) is 3.08. The van der Waals surface area contributed by atoms with E-state index in [4.69, 9.17) is 16.3 Å². The zero-order chi connectivity index (χ0) is 21.9. The van der Waals surface area contributed by atoms with Crippen molar-refractivity contribution < 1.29 is 14.3 Å². The average molecular weight is 449 g/mol. The molecule has 0 saturated heterocycles. The number of hydrogen-bond acceptors (Lipinski definition) is 4. The lowest BCUT2D eigenvalue weighted by molar-refractivity contribution is -0.139. The van der Waals surface area contributed by atoms with E-state index in [-0.39, 0.29) is 17.6 Å². The van der Waals surface area contributed by atoms with Crippen LogP contribution in [0.4, 0.5) is 0 Å². The largest absolute Gasteiger partial charge is 0.497 e. The lowest BCUT2D eigenvalue weighted by Crippen LogP contribution is -2.49. The van der Waals surface area contributed by atoms with Gasteiger partial charge in [-0.1, -0.05) is 48.9 Å². The number of nitrogens with one attached hydrogen (secondary N) is 1. The van der Waals surface area contributed by atoms with Crippen molar-refractivity contribution in [2.24, 2.45) is 0 Å². The van der Waals surface area contributed by atoms with E-state index in [9.17, 15) is 9.59 Å². The van der Waals surface area contributed by atoms with Crippen LogP contribution in [0.25, 0.3) is 0 Å². The van der Waals surface area contributed by atoms with Crippen LogP contribution in [0, 0.1) is 0 Å². The number of thioether (sulfide) groups is 1. The van der Waals surface area contributed by atoms with E-state index in [0.29, 0.717) is 30.3 Å². The Morgan fingerprint density at radius 3 is 2.43 bits per heavy atom. The number of ether oxygens (including phenoxy) is 1. The lowest BCUT2D eigenvalue weighted by Gasteiger charge is -2.30. The third kappa shape index (κ3) is 6.96. The normalized spacial score (nSPS) is 11.6. The zero-order valence-corrected chi connectivity index (χ0v) is 19.3. The molecule has 0 aliphatic rings. The first kappa shape index (κ1) is 24.1. The van der Waals surface area contributed by atoms with Crippen molar-refractivity contribution in [1.82, 2.24) is 10.2 Å². The van der Waals surface area contributed by atoms with E-state index in [2.05, 4.69) is 5.32 Å². The Morgan fingerprint density at radius 1 is 1.13 bits per heavy atom. The minimum atomic E-state index is -0.532. The van der Waals surface area contributed by atoms with Crippen molar-refractivity contribution in [3.05, 3.63) is 64.7 Å². The summed E-state index contributed by atoms with van der Waals surface area (Å²) in [6.07, 6.45) is 0.533. The highest BCUT2D eigenvalue weighted by Gasteiger charge is 2.28. The number of methoxy groups -OCH3 is 1. The Labute approximate surface area is 188 Å². The van der Waals surface area contributed by atoms with Crippen LogP contribution in [0.1, 0.15) is 31.4 Å². The number of benzene rings is 2. The summed E-state index contributed by atoms with van der Waals surface area (Å²) >= 11 is 7.84. The van der Waals surface area contributed by atoms with Crippen molar-refractivity contribution in [1.29, 1.82) is 0 Å². The maximum atomic E-state index is 13.1. The van der Waals surface area contributed by atoms with Crippen LogP contribution >= 0.6 is 23.4 Å². The number of nitrogens with zero attached hydrogens (tertiary/aromatic N) is 1. The van der Waals surface area contributed by atoms with Crippen molar-refractivity contribution in [2.45, 2.75) is 38.6 Å². The Morgan fingerprint density at radius 2 is 1.83 bits per heavy atom. The third-order valence-electron chi connectivity index (χ3n) is 4.69. The van der Waals surface area contributed by atoms with Gasteiger partial charge in [0.2, 0.25) is 11.8 Å². The summed E-state index contributed by atoms with van der Waals surface area (Å²) in [5.74, 6) is 1.57. The molecule has 0 fully saturated rings. The molecule has 0 aliphatic carbocycles. The Bertz CT molecular complexity index is 829. The van der Waals surface area contributed by atoms with Gasteiger partial charge in [-0.15, -0.1) is 11.8 Å². The smallest absolute Gasteiger partial charge is 0.242 e. The number of carbonyl (C=O) groups excluding carboxylic acids is 2. The van der Waals surface area contributed by atoms with Crippen LogP contribution in [0.15, 0.2) is 48.5 Å². The summed E-state index contributed by atoms with van der Waals surface area (Å²) in [5, 5.41) is 3.43. The van der Waals surface area contributed by atoms with Crippen LogP contribution in [0.5, 0.6) is 5.75 Å².